The Bertz CT molecular complexity index is 402. The van der Waals surface area contributed by atoms with Crippen molar-refractivity contribution >= 4 is 0 Å². The van der Waals surface area contributed by atoms with Gasteiger partial charge in [-0.1, -0.05) is 18.6 Å². The van der Waals surface area contributed by atoms with Gasteiger partial charge in [0, 0.05) is 12.1 Å². The lowest BCUT2D eigenvalue weighted by molar-refractivity contribution is 0.0517. The fourth-order valence-electron chi connectivity index (χ4n) is 3.66. The standard InChI is InChI=1S/C16H23NO/c1-18-15-9-4-6-13(12-15)16-10-5-8-14-7-2-3-11-17(14)16/h4,6,9,12,14,16H,2-3,5,7-8,10-11H2,1H3/t14-,16+/m1/s1. The average molecular weight is 245 g/mol. The third-order valence-corrected chi connectivity index (χ3v) is 4.57. The van der Waals surface area contributed by atoms with E-state index < -0.39 is 0 Å². The molecule has 0 N–H and O–H groups in total. The summed E-state index contributed by atoms with van der Waals surface area (Å²) in [4.78, 5) is 2.75. The van der Waals surface area contributed by atoms with Crippen LogP contribution in [-0.4, -0.2) is 24.6 Å². The molecule has 98 valence electrons. The molecule has 1 aromatic rings. The molecule has 2 atom stereocenters. The molecule has 0 aromatic heterocycles. The molecule has 2 heteroatoms. The van der Waals surface area contributed by atoms with Crippen LogP contribution in [0, 0.1) is 0 Å². The molecular formula is C16H23NO. The summed E-state index contributed by atoms with van der Waals surface area (Å²) in [5, 5.41) is 0. The largest absolute Gasteiger partial charge is 0.497 e. The van der Waals surface area contributed by atoms with Crippen molar-refractivity contribution in [3.05, 3.63) is 29.8 Å². The predicted molar refractivity (Wildman–Crippen MR) is 73.9 cm³/mol. The van der Waals surface area contributed by atoms with Crippen molar-refractivity contribution in [2.75, 3.05) is 13.7 Å². The number of benzene rings is 1. The van der Waals surface area contributed by atoms with Gasteiger partial charge >= 0.3 is 0 Å². The third-order valence-electron chi connectivity index (χ3n) is 4.57. The van der Waals surface area contributed by atoms with E-state index in [4.69, 9.17) is 4.74 Å². The van der Waals surface area contributed by atoms with Crippen molar-refractivity contribution in [1.29, 1.82) is 0 Å². The number of fused-ring (bicyclic) bond motifs is 1. The lowest BCUT2D eigenvalue weighted by Gasteiger charge is -2.45. The van der Waals surface area contributed by atoms with Crippen LogP contribution in [-0.2, 0) is 0 Å². The van der Waals surface area contributed by atoms with E-state index in [1.165, 1.54) is 50.6 Å². The highest BCUT2D eigenvalue weighted by atomic mass is 16.5. The maximum absolute atomic E-state index is 5.36. The van der Waals surface area contributed by atoms with Crippen LogP contribution in [0.5, 0.6) is 5.75 Å². The van der Waals surface area contributed by atoms with Crippen molar-refractivity contribution in [1.82, 2.24) is 4.90 Å². The van der Waals surface area contributed by atoms with Crippen molar-refractivity contribution in [2.45, 2.75) is 50.6 Å². The van der Waals surface area contributed by atoms with Crippen LogP contribution in [0.2, 0.25) is 0 Å². The Morgan fingerprint density at radius 2 is 2.00 bits per heavy atom. The first-order valence-corrected chi connectivity index (χ1v) is 7.28. The fraction of sp³-hybridized carbons (Fsp3) is 0.625. The van der Waals surface area contributed by atoms with Gasteiger partial charge < -0.3 is 4.74 Å². The second kappa shape index (κ2) is 5.31. The van der Waals surface area contributed by atoms with Crippen LogP contribution in [0.3, 0.4) is 0 Å². The van der Waals surface area contributed by atoms with Gasteiger partial charge in [0.2, 0.25) is 0 Å². The van der Waals surface area contributed by atoms with Crippen LogP contribution in [0.1, 0.15) is 50.1 Å². The minimum absolute atomic E-state index is 0.624. The van der Waals surface area contributed by atoms with Crippen LogP contribution >= 0.6 is 0 Å². The van der Waals surface area contributed by atoms with Gasteiger partial charge in [0.15, 0.2) is 0 Å². The monoisotopic (exact) mass is 245 g/mol. The number of hydrogen-bond acceptors (Lipinski definition) is 2. The lowest BCUT2D eigenvalue weighted by atomic mass is 9.86. The second-order valence-corrected chi connectivity index (χ2v) is 5.61. The first kappa shape index (κ1) is 12.0. The summed E-state index contributed by atoms with van der Waals surface area (Å²) in [6.45, 7) is 1.28. The Kier molecular flexibility index (Phi) is 3.55. The summed E-state index contributed by atoms with van der Waals surface area (Å²) in [7, 11) is 1.75. The van der Waals surface area contributed by atoms with E-state index in [-0.39, 0.29) is 0 Å². The topological polar surface area (TPSA) is 12.5 Å². The van der Waals surface area contributed by atoms with Gasteiger partial charge in [-0.2, -0.15) is 0 Å². The number of rotatable bonds is 2. The predicted octanol–water partition coefficient (Wildman–Crippen LogP) is 3.77. The number of ether oxygens (including phenoxy) is 1. The van der Waals surface area contributed by atoms with Gasteiger partial charge in [0.1, 0.15) is 5.75 Å². The van der Waals surface area contributed by atoms with Gasteiger partial charge in [-0.05, 0) is 56.3 Å². The highest BCUT2D eigenvalue weighted by Gasteiger charge is 2.32. The van der Waals surface area contributed by atoms with E-state index in [9.17, 15) is 0 Å². The summed E-state index contributed by atoms with van der Waals surface area (Å²) in [6.07, 6.45) is 8.29. The van der Waals surface area contributed by atoms with Crippen LogP contribution in [0.15, 0.2) is 24.3 Å². The summed E-state index contributed by atoms with van der Waals surface area (Å²) >= 11 is 0. The van der Waals surface area contributed by atoms with Gasteiger partial charge in [0.05, 0.1) is 7.11 Å². The molecule has 0 radical (unpaired) electrons. The van der Waals surface area contributed by atoms with Crippen LogP contribution in [0.25, 0.3) is 0 Å². The zero-order chi connectivity index (χ0) is 12.4. The lowest BCUT2D eigenvalue weighted by Crippen LogP contribution is -2.44. The molecule has 2 aliphatic rings. The minimum atomic E-state index is 0.624. The maximum atomic E-state index is 5.36. The molecule has 0 spiro atoms. The molecule has 0 bridgehead atoms. The molecule has 0 unspecified atom stereocenters. The van der Waals surface area contributed by atoms with Crippen molar-refractivity contribution in [3.8, 4) is 5.75 Å². The molecule has 18 heavy (non-hydrogen) atoms. The Hall–Kier alpha value is -1.02. The minimum Gasteiger partial charge on any atom is -0.497 e. The summed E-state index contributed by atoms with van der Waals surface area (Å²) < 4.78 is 5.36. The summed E-state index contributed by atoms with van der Waals surface area (Å²) in [6, 6.07) is 10.1. The molecule has 2 heterocycles. The van der Waals surface area contributed by atoms with E-state index in [0.717, 1.165) is 11.8 Å². The summed E-state index contributed by atoms with van der Waals surface area (Å²) in [5.74, 6) is 0.992. The Morgan fingerprint density at radius 1 is 1.11 bits per heavy atom. The molecule has 2 fully saturated rings. The van der Waals surface area contributed by atoms with Crippen LogP contribution < -0.4 is 4.74 Å². The molecule has 0 saturated carbocycles. The smallest absolute Gasteiger partial charge is 0.119 e. The van der Waals surface area contributed by atoms with Crippen molar-refractivity contribution in [3.63, 3.8) is 0 Å². The molecule has 2 saturated heterocycles. The van der Waals surface area contributed by atoms with E-state index in [0.29, 0.717) is 6.04 Å². The van der Waals surface area contributed by atoms with Gasteiger partial charge in [-0.25, -0.2) is 0 Å². The maximum Gasteiger partial charge on any atom is 0.119 e. The molecule has 0 amide bonds. The number of nitrogens with zero attached hydrogens (tertiary/aromatic N) is 1. The Morgan fingerprint density at radius 3 is 2.89 bits per heavy atom. The molecule has 3 rings (SSSR count). The second-order valence-electron chi connectivity index (χ2n) is 5.61. The van der Waals surface area contributed by atoms with Crippen LogP contribution in [0.4, 0.5) is 0 Å². The summed E-state index contributed by atoms with van der Waals surface area (Å²) in [5.41, 5.74) is 1.45. The van der Waals surface area contributed by atoms with E-state index in [2.05, 4.69) is 23.1 Å². The highest BCUT2D eigenvalue weighted by Crippen LogP contribution is 2.39. The Labute approximate surface area is 110 Å². The SMILES string of the molecule is COc1cccc([C@@H]2CCC[C@H]3CCCCN32)c1. The first-order valence-electron chi connectivity index (χ1n) is 7.28. The molecule has 2 nitrogen and oxygen atoms in total. The van der Waals surface area contributed by atoms with Gasteiger partial charge in [-0.15, -0.1) is 0 Å². The fourth-order valence-corrected chi connectivity index (χ4v) is 3.66. The van der Waals surface area contributed by atoms with Crippen molar-refractivity contribution < 1.29 is 4.74 Å². The zero-order valence-electron chi connectivity index (χ0n) is 11.3. The number of piperidine rings is 2. The van der Waals surface area contributed by atoms with Gasteiger partial charge in [-0.3, -0.25) is 4.90 Å². The molecule has 0 aliphatic carbocycles. The van der Waals surface area contributed by atoms with Gasteiger partial charge in [0.25, 0.3) is 0 Å². The first-order chi connectivity index (χ1) is 8.88. The van der Waals surface area contributed by atoms with E-state index in [1.807, 2.05) is 6.07 Å². The average Bonchev–Trinajstić information content (AvgIpc) is 2.47. The normalized spacial score (nSPS) is 28.7. The third kappa shape index (κ3) is 2.26. The molecular weight excluding hydrogens is 222 g/mol. The zero-order valence-corrected chi connectivity index (χ0v) is 11.3. The highest BCUT2D eigenvalue weighted by molar-refractivity contribution is 5.31. The molecule has 1 aromatic carbocycles. The van der Waals surface area contributed by atoms with E-state index >= 15 is 0 Å². The quantitative estimate of drug-likeness (QED) is 0.786. The number of methoxy groups -OCH3 is 1. The molecule has 2 aliphatic heterocycles. The van der Waals surface area contributed by atoms with E-state index in [1.54, 1.807) is 7.11 Å². The van der Waals surface area contributed by atoms with Crippen molar-refractivity contribution in [2.24, 2.45) is 0 Å². The Balaban J connectivity index is 1.84. The number of hydrogen-bond donors (Lipinski definition) is 0.